The largest absolute Gasteiger partial charge is 0.462 e. The number of rotatable bonds is 11. The Balaban J connectivity index is 1.45. The van der Waals surface area contributed by atoms with E-state index in [1.54, 1.807) is 44.2 Å². The molecule has 1 unspecified atom stereocenters. The minimum absolute atomic E-state index is 0.243. The maximum absolute atomic E-state index is 13.7. The van der Waals surface area contributed by atoms with Gasteiger partial charge in [-0.2, -0.15) is 5.09 Å². The quantitative estimate of drug-likeness (QED) is 0.239. The molecule has 206 valence electrons. The predicted octanol–water partition coefficient (Wildman–Crippen LogP) is 2.91. The van der Waals surface area contributed by atoms with E-state index in [4.69, 9.17) is 24.3 Å². The van der Waals surface area contributed by atoms with E-state index >= 15 is 0 Å². The summed E-state index contributed by atoms with van der Waals surface area (Å²) in [6.07, 6.45) is 0.828. The van der Waals surface area contributed by atoms with Gasteiger partial charge in [0.15, 0.2) is 0 Å². The lowest BCUT2D eigenvalue weighted by atomic mass is 9.98. The number of nitrogens with one attached hydrogen (secondary N) is 1. The molecular weight excluding hydrogens is 513 g/mol. The summed E-state index contributed by atoms with van der Waals surface area (Å²) in [6.45, 7) is 6.97. The molecule has 0 amide bonds. The normalized spacial score (nSPS) is 23.8. The number of ether oxygens (including phenoxy) is 2. The first-order valence-electron chi connectivity index (χ1n) is 12.4. The second kappa shape index (κ2) is 11.8. The van der Waals surface area contributed by atoms with Gasteiger partial charge in [-0.15, -0.1) is 0 Å². The molecule has 0 radical (unpaired) electrons. The van der Waals surface area contributed by atoms with Crippen LogP contribution in [0.2, 0.25) is 0 Å². The van der Waals surface area contributed by atoms with E-state index in [2.05, 4.69) is 15.1 Å². The van der Waals surface area contributed by atoms with E-state index in [-0.39, 0.29) is 30.5 Å². The van der Waals surface area contributed by atoms with Gasteiger partial charge in [-0.05, 0) is 39.0 Å². The van der Waals surface area contributed by atoms with Gasteiger partial charge in [-0.25, -0.2) is 14.5 Å². The van der Waals surface area contributed by atoms with E-state index in [9.17, 15) is 14.5 Å². The van der Waals surface area contributed by atoms with Crippen molar-refractivity contribution in [1.82, 2.24) is 19.6 Å². The van der Waals surface area contributed by atoms with Gasteiger partial charge in [0.1, 0.15) is 35.7 Å². The van der Waals surface area contributed by atoms with Gasteiger partial charge in [0.2, 0.25) is 0 Å². The fourth-order valence-corrected chi connectivity index (χ4v) is 5.71. The van der Waals surface area contributed by atoms with Gasteiger partial charge in [-0.1, -0.05) is 25.1 Å². The lowest BCUT2D eigenvalue weighted by Crippen LogP contribution is -2.37. The molecule has 1 aliphatic rings. The molecule has 0 aliphatic carbocycles. The Morgan fingerprint density at radius 2 is 1.95 bits per heavy atom. The van der Waals surface area contributed by atoms with Crippen molar-refractivity contribution in [2.75, 3.05) is 12.3 Å². The van der Waals surface area contributed by atoms with Crippen LogP contribution in [0.25, 0.3) is 11.0 Å². The summed E-state index contributed by atoms with van der Waals surface area (Å²) >= 11 is 0. The van der Waals surface area contributed by atoms with Gasteiger partial charge >= 0.3 is 13.7 Å². The molecule has 3 heterocycles. The number of para-hydroxylation sites is 1. The monoisotopic (exact) mass is 547 g/mol. The van der Waals surface area contributed by atoms with Crippen LogP contribution < -0.4 is 15.3 Å². The van der Waals surface area contributed by atoms with E-state index in [0.29, 0.717) is 18.0 Å². The minimum Gasteiger partial charge on any atom is -0.462 e. The lowest BCUT2D eigenvalue weighted by molar-refractivity contribution is -0.149. The Morgan fingerprint density at radius 3 is 2.66 bits per heavy atom. The molecule has 1 aromatic carbocycles. The zero-order chi connectivity index (χ0) is 27.4. The number of carbonyl (C=O) groups is 1. The third-order valence-corrected chi connectivity index (χ3v) is 7.90. The van der Waals surface area contributed by atoms with E-state index in [1.165, 1.54) is 13.3 Å². The fraction of sp³-hybridized carbons (Fsp3) is 0.480. The predicted molar refractivity (Wildman–Crippen MR) is 140 cm³/mol. The van der Waals surface area contributed by atoms with Crippen molar-refractivity contribution in [2.45, 2.75) is 64.7 Å². The number of fused-ring (bicyclic) bond motifs is 1. The SMILES string of the molecule is CC(C)OC(=O)[C@H](C)NP(=O)(OC[C@H]1O[C@@H](Cn2ccc3c(N)ncnc32)[C@@H](C)[C@@H]1O)Oc1ccccc1. The number of nitrogens with two attached hydrogens (primary N) is 1. The molecule has 3 aromatic rings. The Hall–Kier alpha value is -3.02. The third-order valence-electron chi connectivity index (χ3n) is 6.25. The van der Waals surface area contributed by atoms with Crippen LogP contribution >= 0.6 is 7.75 Å². The molecule has 0 bridgehead atoms. The number of aliphatic hydroxyl groups is 1. The van der Waals surface area contributed by atoms with Crippen LogP contribution in [-0.2, 0) is 29.9 Å². The average Bonchev–Trinajstić information content (AvgIpc) is 3.40. The van der Waals surface area contributed by atoms with Crippen LogP contribution in [0.1, 0.15) is 27.7 Å². The number of nitrogen functional groups attached to an aromatic ring is 1. The number of carbonyl (C=O) groups excluding carboxylic acids is 1. The molecule has 1 aliphatic heterocycles. The van der Waals surface area contributed by atoms with Crippen LogP contribution in [0.4, 0.5) is 5.82 Å². The maximum Gasteiger partial charge on any atom is 0.459 e. The second-order valence-corrected chi connectivity index (χ2v) is 11.3. The summed E-state index contributed by atoms with van der Waals surface area (Å²) in [4.78, 5) is 20.7. The molecule has 4 N–H and O–H groups in total. The zero-order valence-electron chi connectivity index (χ0n) is 21.8. The van der Waals surface area contributed by atoms with Crippen molar-refractivity contribution < 1.29 is 33.0 Å². The Bertz CT molecular complexity index is 1290. The lowest BCUT2D eigenvalue weighted by Gasteiger charge is -2.25. The van der Waals surface area contributed by atoms with Crippen molar-refractivity contribution in [3.8, 4) is 5.75 Å². The number of aromatic nitrogens is 3. The number of aliphatic hydroxyl groups excluding tert-OH is 1. The van der Waals surface area contributed by atoms with Crippen molar-refractivity contribution in [2.24, 2.45) is 5.92 Å². The van der Waals surface area contributed by atoms with Crippen molar-refractivity contribution >= 4 is 30.6 Å². The molecule has 4 rings (SSSR count). The molecule has 6 atom stereocenters. The molecule has 2 aromatic heterocycles. The van der Waals surface area contributed by atoms with Crippen molar-refractivity contribution in [1.29, 1.82) is 0 Å². The average molecular weight is 548 g/mol. The molecule has 38 heavy (non-hydrogen) atoms. The van der Waals surface area contributed by atoms with Crippen molar-refractivity contribution in [3.05, 3.63) is 48.9 Å². The molecule has 0 spiro atoms. The third kappa shape index (κ3) is 6.51. The van der Waals surface area contributed by atoms with Crippen LogP contribution in [0.5, 0.6) is 5.75 Å². The summed E-state index contributed by atoms with van der Waals surface area (Å²) in [5.41, 5.74) is 6.60. The zero-order valence-corrected chi connectivity index (χ0v) is 22.7. The topological polar surface area (TPSA) is 160 Å². The Labute approximate surface area is 221 Å². The summed E-state index contributed by atoms with van der Waals surface area (Å²) in [6, 6.07) is 9.30. The highest BCUT2D eigenvalue weighted by Gasteiger charge is 2.43. The van der Waals surface area contributed by atoms with Gasteiger partial charge in [0, 0.05) is 12.1 Å². The number of hydrogen-bond donors (Lipinski definition) is 3. The van der Waals surface area contributed by atoms with Crippen LogP contribution in [0.3, 0.4) is 0 Å². The minimum atomic E-state index is -4.09. The summed E-state index contributed by atoms with van der Waals surface area (Å²) in [7, 11) is -4.09. The molecule has 12 nitrogen and oxygen atoms in total. The Kier molecular flexibility index (Phi) is 8.69. The number of nitrogens with zero attached hydrogens (tertiary/aromatic N) is 3. The highest BCUT2D eigenvalue weighted by molar-refractivity contribution is 7.52. The molecule has 1 saturated heterocycles. The highest BCUT2D eigenvalue weighted by atomic mass is 31.2. The molecule has 0 saturated carbocycles. The number of anilines is 1. The fourth-order valence-electron chi connectivity index (χ4n) is 4.21. The van der Waals surface area contributed by atoms with Crippen molar-refractivity contribution in [3.63, 3.8) is 0 Å². The number of esters is 1. The second-order valence-electron chi connectivity index (χ2n) is 9.56. The summed E-state index contributed by atoms with van der Waals surface area (Å²) in [5, 5.41) is 14.3. The van der Waals surface area contributed by atoms with Crippen LogP contribution in [0, 0.1) is 5.92 Å². The number of hydrogen-bond acceptors (Lipinski definition) is 10. The van der Waals surface area contributed by atoms with Crippen LogP contribution in [0.15, 0.2) is 48.9 Å². The van der Waals surface area contributed by atoms with Gasteiger partial charge < -0.3 is 29.4 Å². The summed E-state index contributed by atoms with van der Waals surface area (Å²) < 4.78 is 38.3. The van der Waals surface area contributed by atoms with Gasteiger partial charge in [0.05, 0.1) is 36.8 Å². The van der Waals surface area contributed by atoms with E-state index < -0.39 is 32.0 Å². The standard InChI is InChI=1S/C25H34N5O7P/c1-15(2)35-25(32)17(4)29-38(33,37-18-8-6-5-7-9-18)34-13-21-22(31)16(3)20(36-21)12-30-11-10-19-23(26)27-14-28-24(19)30/h5-11,14-17,20-22,31H,12-13H2,1-4H3,(H,29,33)(H2,26,27,28)/t16-,17+,20+,21-,22+,38?/m1/s1. The van der Waals surface area contributed by atoms with Gasteiger partial charge in [-0.3, -0.25) is 9.32 Å². The van der Waals surface area contributed by atoms with E-state index in [1.807, 2.05) is 23.8 Å². The first-order valence-corrected chi connectivity index (χ1v) is 14.0. The highest BCUT2D eigenvalue weighted by Crippen LogP contribution is 2.46. The first kappa shape index (κ1) is 28.0. The molecular formula is C25H34N5O7P. The van der Waals surface area contributed by atoms with Gasteiger partial charge in [0.25, 0.3) is 0 Å². The maximum atomic E-state index is 13.7. The number of benzene rings is 1. The first-order chi connectivity index (χ1) is 18.1. The Morgan fingerprint density at radius 1 is 1.21 bits per heavy atom. The molecule has 1 fully saturated rings. The molecule has 13 heteroatoms. The summed E-state index contributed by atoms with van der Waals surface area (Å²) in [5.74, 6) is -0.196. The van der Waals surface area contributed by atoms with Crippen LogP contribution in [-0.4, -0.2) is 62.7 Å². The smallest absolute Gasteiger partial charge is 0.459 e. The van der Waals surface area contributed by atoms with E-state index in [0.717, 1.165) is 5.39 Å².